The largest absolute Gasteiger partial charge is 0.465 e. The molecule has 1 aromatic heterocycles. The number of amides is 1. The summed E-state index contributed by atoms with van der Waals surface area (Å²) < 4.78 is 31.5. The lowest BCUT2D eigenvalue weighted by Crippen LogP contribution is -2.41. The number of nitrogens with zero attached hydrogens (tertiary/aromatic N) is 1. The van der Waals surface area contributed by atoms with Crippen LogP contribution in [0.15, 0.2) is 39.9 Å². The predicted octanol–water partition coefficient (Wildman–Crippen LogP) is 3.23. The van der Waals surface area contributed by atoms with E-state index in [0.717, 1.165) is 0 Å². The van der Waals surface area contributed by atoms with E-state index in [4.69, 9.17) is 11.6 Å². The van der Waals surface area contributed by atoms with Crippen LogP contribution in [0.25, 0.3) is 0 Å². The average Bonchev–Trinajstić information content (AvgIpc) is 3.25. The lowest BCUT2D eigenvalue weighted by molar-refractivity contribution is -0.120. The fourth-order valence-electron chi connectivity index (χ4n) is 3.00. The van der Waals surface area contributed by atoms with Crippen molar-refractivity contribution in [1.82, 2.24) is 4.31 Å². The van der Waals surface area contributed by atoms with Crippen molar-refractivity contribution in [2.75, 3.05) is 25.5 Å². The van der Waals surface area contributed by atoms with Crippen molar-refractivity contribution in [2.45, 2.75) is 17.1 Å². The molecule has 1 fully saturated rings. The molecule has 10 heteroatoms. The summed E-state index contributed by atoms with van der Waals surface area (Å²) in [4.78, 5) is 24.3. The van der Waals surface area contributed by atoms with E-state index < -0.39 is 16.0 Å². The highest BCUT2D eigenvalue weighted by molar-refractivity contribution is 7.91. The van der Waals surface area contributed by atoms with Gasteiger partial charge in [-0.2, -0.15) is 4.31 Å². The molecule has 28 heavy (non-hydrogen) atoms. The van der Waals surface area contributed by atoms with Gasteiger partial charge < -0.3 is 10.1 Å². The van der Waals surface area contributed by atoms with Gasteiger partial charge in [-0.05, 0) is 42.5 Å². The van der Waals surface area contributed by atoms with Gasteiger partial charge in [0.2, 0.25) is 5.91 Å². The number of hydrogen-bond donors (Lipinski definition) is 1. The number of methoxy groups -OCH3 is 1. The highest BCUT2D eigenvalue weighted by atomic mass is 35.5. The summed E-state index contributed by atoms with van der Waals surface area (Å²) >= 11 is 7.29. The van der Waals surface area contributed by atoms with Crippen LogP contribution in [0.2, 0.25) is 5.02 Å². The zero-order chi connectivity index (χ0) is 20.3. The maximum absolute atomic E-state index is 12.6. The third kappa shape index (κ3) is 4.38. The fraction of sp³-hybridized carbons (Fsp3) is 0.333. The molecular weight excluding hydrogens is 424 g/mol. The summed E-state index contributed by atoms with van der Waals surface area (Å²) in [5, 5.41) is 4.76. The second-order valence-electron chi connectivity index (χ2n) is 6.29. The quantitative estimate of drug-likeness (QED) is 0.717. The van der Waals surface area contributed by atoms with Crippen LogP contribution in [0, 0.1) is 5.92 Å². The lowest BCUT2D eigenvalue weighted by atomic mass is 9.97. The number of esters is 1. The zero-order valence-electron chi connectivity index (χ0n) is 15.1. The van der Waals surface area contributed by atoms with E-state index in [-0.39, 0.29) is 30.5 Å². The highest BCUT2D eigenvalue weighted by Crippen LogP contribution is 2.28. The molecule has 1 aliphatic rings. The molecule has 0 atom stereocenters. The zero-order valence-corrected chi connectivity index (χ0v) is 17.4. The molecule has 1 aliphatic heterocycles. The molecule has 2 aromatic rings. The van der Waals surface area contributed by atoms with Crippen molar-refractivity contribution in [1.29, 1.82) is 0 Å². The van der Waals surface area contributed by atoms with Gasteiger partial charge >= 0.3 is 5.97 Å². The summed E-state index contributed by atoms with van der Waals surface area (Å²) in [6, 6.07) is 7.76. The number of rotatable bonds is 5. The van der Waals surface area contributed by atoms with E-state index in [1.807, 2.05) is 0 Å². The first-order valence-electron chi connectivity index (χ1n) is 8.55. The van der Waals surface area contributed by atoms with E-state index in [0.29, 0.717) is 27.8 Å². The van der Waals surface area contributed by atoms with Crippen molar-refractivity contribution in [3.8, 4) is 0 Å². The van der Waals surface area contributed by atoms with Gasteiger partial charge in [-0.15, -0.1) is 11.3 Å². The van der Waals surface area contributed by atoms with Crippen LogP contribution in [-0.4, -0.2) is 44.8 Å². The molecule has 0 unspecified atom stereocenters. The first-order valence-corrected chi connectivity index (χ1v) is 11.2. The van der Waals surface area contributed by atoms with Crippen LogP contribution in [0.4, 0.5) is 5.69 Å². The van der Waals surface area contributed by atoms with Gasteiger partial charge in [0.25, 0.3) is 10.0 Å². The minimum Gasteiger partial charge on any atom is -0.465 e. The SMILES string of the molecule is COC(=O)c1ccc(Cl)c(NC(=O)C2CCN(S(=O)(=O)c3cccs3)CC2)c1. The lowest BCUT2D eigenvalue weighted by Gasteiger charge is -2.30. The molecule has 2 heterocycles. The first kappa shape index (κ1) is 20.8. The minimum absolute atomic E-state index is 0.253. The molecule has 0 spiro atoms. The minimum atomic E-state index is -3.50. The Morgan fingerprint density at radius 1 is 1.25 bits per heavy atom. The monoisotopic (exact) mass is 442 g/mol. The Kier molecular flexibility index (Phi) is 6.39. The number of hydrogen-bond acceptors (Lipinski definition) is 6. The molecule has 7 nitrogen and oxygen atoms in total. The summed E-state index contributed by atoms with van der Waals surface area (Å²) in [6.07, 6.45) is 0.815. The Labute approximate surface area is 172 Å². The van der Waals surface area contributed by atoms with Crippen LogP contribution in [0.1, 0.15) is 23.2 Å². The topological polar surface area (TPSA) is 92.8 Å². The molecule has 1 amide bonds. The van der Waals surface area contributed by atoms with Crippen LogP contribution >= 0.6 is 22.9 Å². The van der Waals surface area contributed by atoms with E-state index in [1.54, 1.807) is 17.5 Å². The summed E-state index contributed by atoms with van der Waals surface area (Å²) in [7, 11) is -2.23. The third-order valence-electron chi connectivity index (χ3n) is 4.56. The Bertz CT molecular complexity index is 968. The number of carbonyl (C=O) groups is 2. The average molecular weight is 443 g/mol. The smallest absolute Gasteiger partial charge is 0.337 e. The maximum Gasteiger partial charge on any atom is 0.337 e. The van der Waals surface area contributed by atoms with Gasteiger partial charge in [-0.3, -0.25) is 4.79 Å². The molecule has 0 bridgehead atoms. The standard InChI is InChI=1S/C18H19ClN2O5S2/c1-26-18(23)13-4-5-14(19)15(11-13)20-17(22)12-6-8-21(9-7-12)28(24,25)16-3-2-10-27-16/h2-5,10-12H,6-9H2,1H3,(H,20,22). The molecule has 1 saturated heterocycles. The Morgan fingerprint density at radius 3 is 2.57 bits per heavy atom. The third-order valence-corrected chi connectivity index (χ3v) is 8.16. The highest BCUT2D eigenvalue weighted by Gasteiger charge is 2.32. The molecule has 3 rings (SSSR count). The number of halogens is 1. The van der Waals surface area contributed by atoms with Gasteiger partial charge in [-0.1, -0.05) is 17.7 Å². The maximum atomic E-state index is 12.6. The number of nitrogens with one attached hydrogen (secondary N) is 1. The molecule has 1 N–H and O–H groups in total. The van der Waals surface area contributed by atoms with Crippen molar-refractivity contribution in [2.24, 2.45) is 5.92 Å². The van der Waals surface area contributed by atoms with Gasteiger partial charge in [0.05, 0.1) is 23.4 Å². The van der Waals surface area contributed by atoms with Crippen molar-refractivity contribution < 1.29 is 22.7 Å². The van der Waals surface area contributed by atoms with Crippen molar-refractivity contribution in [3.63, 3.8) is 0 Å². The van der Waals surface area contributed by atoms with E-state index in [9.17, 15) is 18.0 Å². The van der Waals surface area contributed by atoms with E-state index >= 15 is 0 Å². The Balaban J connectivity index is 1.64. The van der Waals surface area contributed by atoms with E-state index in [1.165, 1.54) is 41.0 Å². The van der Waals surface area contributed by atoms with Crippen molar-refractivity contribution >= 4 is 50.5 Å². The second kappa shape index (κ2) is 8.60. The van der Waals surface area contributed by atoms with Crippen LogP contribution in [0.3, 0.4) is 0 Å². The van der Waals surface area contributed by atoms with Crippen LogP contribution in [-0.2, 0) is 19.6 Å². The van der Waals surface area contributed by atoms with Gasteiger partial charge in [-0.25, -0.2) is 13.2 Å². The number of carbonyl (C=O) groups excluding carboxylic acids is 2. The summed E-state index contributed by atoms with van der Waals surface area (Å²) in [5.74, 6) is -1.12. The number of thiophene rings is 1. The van der Waals surface area contributed by atoms with Crippen LogP contribution < -0.4 is 5.32 Å². The van der Waals surface area contributed by atoms with Crippen LogP contribution in [0.5, 0.6) is 0 Å². The number of piperidine rings is 1. The molecule has 150 valence electrons. The fourth-order valence-corrected chi connectivity index (χ4v) is 5.78. The Hall–Kier alpha value is -1.94. The molecule has 0 saturated carbocycles. The molecule has 0 aliphatic carbocycles. The number of sulfonamides is 1. The normalized spacial score (nSPS) is 15.9. The predicted molar refractivity (Wildman–Crippen MR) is 107 cm³/mol. The number of benzene rings is 1. The second-order valence-corrected chi connectivity index (χ2v) is 9.81. The molecule has 0 radical (unpaired) electrons. The van der Waals surface area contributed by atoms with E-state index in [2.05, 4.69) is 10.1 Å². The molecular formula is C18H19ClN2O5S2. The summed E-state index contributed by atoms with van der Waals surface area (Å²) in [6.45, 7) is 0.544. The van der Waals surface area contributed by atoms with Gasteiger partial charge in [0, 0.05) is 19.0 Å². The van der Waals surface area contributed by atoms with Crippen molar-refractivity contribution in [3.05, 3.63) is 46.3 Å². The first-order chi connectivity index (χ1) is 13.3. The number of anilines is 1. The number of ether oxygens (including phenoxy) is 1. The Morgan fingerprint density at radius 2 is 1.96 bits per heavy atom. The van der Waals surface area contributed by atoms with Gasteiger partial charge in [0.1, 0.15) is 4.21 Å². The summed E-state index contributed by atoms with van der Waals surface area (Å²) in [5.41, 5.74) is 0.599. The van der Waals surface area contributed by atoms with Gasteiger partial charge in [0.15, 0.2) is 0 Å². The molecule has 1 aromatic carbocycles.